The van der Waals surface area contributed by atoms with Crippen molar-refractivity contribution in [2.75, 3.05) is 0 Å². The number of carboxylic acid groups (broad SMARTS) is 2. The van der Waals surface area contributed by atoms with Crippen LogP contribution in [0.5, 0.6) is 0 Å². The Morgan fingerprint density at radius 1 is 0.397 bits per heavy atom. The summed E-state index contributed by atoms with van der Waals surface area (Å²) in [6.07, 6.45) is 8.15. The molecule has 0 aliphatic carbocycles. The molecule has 0 radical (unpaired) electrons. The van der Waals surface area contributed by atoms with Crippen LogP contribution in [0, 0.1) is 41.5 Å². The average Bonchev–Trinajstić information content (AvgIpc) is 4.15. The topological polar surface area (TPSA) is 132 Å². The molecule has 0 fully saturated rings. The molecule has 0 saturated heterocycles. The maximum atomic E-state index is 13.0. The number of H-pyrrole nitrogens is 2. The number of carboxylic acids is 2. The van der Waals surface area contributed by atoms with Crippen LogP contribution in [0.15, 0.2) is 121 Å². The Morgan fingerprint density at radius 3 is 1.04 bits per heavy atom. The Morgan fingerprint density at radius 2 is 0.706 bits per heavy atom. The number of nitrogens with one attached hydrogen (secondary N) is 2. The van der Waals surface area contributed by atoms with E-state index in [9.17, 15) is 19.8 Å². The summed E-state index contributed by atoms with van der Waals surface area (Å²) in [7, 11) is 0. The molecule has 0 saturated carbocycles. The number of aromatic nitrogens is 4. The van der Waals surface area contributed by atoms with Crippen LogP contribution < -0.4 is 0 Å². The quantitative estimate of drug-likeness (QED) is 0.131. The van der Waals surface area contributed by atoms with Gasteiger partial charge in [0.25, 0.3) is 0 Å². The van der Waals surface area contributed by atoms with Gasteiger partial charge in [-0.25, -0.2) is 19.6 Å². The lowest BCUT2D eigenvalue weighted by Crippen LogP contribution is -1.99. The minimum absolute atomic E-state index is 0.178. The van der Waals surface area contributed by atoms with E-state index in [0.29, 0.717) is 44.4 Å². The average molecular weight is 887 g/mol. The third kappa shape index (κ3) is 6.83. The number of aryl methyl sites for hydroxylation is 6. The zero-order valence-electron chi connectivity index (χ0n) is 38.5. The molecule has 4 N–H and O–H groups in total. The van der Waals surface area contributed by atoms with Gasteiger partial charge in [-0.05, 0) is 158 Å². The minimum Gasteiger partial charge on any atom is -0.478 e. The van der Waals surface area contributed by atoms with Crippen LogP contribution in [0.3, 0.4) is 0 Å². The lowest BCUT2D eigenvalue weighted by atomic mass is 9.92. The van der Waals surface area contributed by atoms with E-state index in [1.165, 1.54) is 11.1 Å². The van der Waals surface area contributed by atoms with Crippen LogP contribution >= 0.6 is 0 Å². The van der Waals surface area contributed by atoms with E-state index in [-0.39, 0.29) is 11.1 Å². The smallest absolute Gasteiger partial charge is 0.336 e. The Kier molecular flexibility index (Phi) is 9.93. The van der Waals surface area contributed by atoms with Gasteiger partial charge in [-0.2, -0.15) is 0 Å². The van der Waals surface area contributed by atoms with Gasteiger partial charge in [0.15, 0.2) is 0 Å². The van der Waals surface area contributed by atoms with Crippen molar-refractivity contribution in [3.63, 3.8) is 0 Å². The van der Waals surface area contributed by atoms with Crippen molar-refractivity contribution in [1.29, 1.82) is 0 Å². The lowest BCUT2D eigenvalue weighted by molar-refractivity contribution is 0.0688. The molecule has 8 heteroatoms. The van der Waals surface area contributed by atoms with Crippen molar-refractivity contribution in [3.8, 4) is 44.5 Å². The number of rotatable bonds is 6. The second-order valence-electron chi connectivity index (χ2n) is 18.1. The number of nitrogens with zero attached hydrogens (tertiary/aromatic N) is 2. The molecule has 6 aromatic carbocycles. The molecule has 8 nitrogen and oxygen atoms in total. The highest BCUT2D eigenvalue weighted by Gasteiger charge is 2.24. The fraction of sp³-hybridized carbons (Fsp3) is 0.100. The molecule has 2 aliphatic rings. The molecule has 8 bridgehead atoms. The first kappa shape index (κ1) is 42.0. The van der Waals surface area contributed by atoms with Crippen molar-refractivity contribution in [2.24, 2.45) is 0 Å². The zero-order chi connectivity index (χ0) is 47.1. The van der Waals surface area contributed by atoms with Crippen molar-refractivity contribution in [2.45, 2.75) is 41.5 Å². The first-order valence-corrected chi connectivity index (χ1v) is 22.7. The van der Waals surface area contributed by atoms with Gasteiger partial charge in [-0.3, -0.25) is 0 Å². The molecule has 11 rings (SSSR count). The summed E-state index contributed by atoms with van der Waals surface area (Å²) in [5.41, 5.74) is 19.9. The monoisotopic (exact) mass is 886 g/mol. The number of hydrogen-bond donors (Lipinski definition) is 4. The zero-order valence-corrected chi connectivity index (χ0v) is 38.5. The molecule has 68 heavy (non-hydrogen) atoms. The molecule has 5 heterocycles. The predicted molar refractivity (Wildman–Crippen MR) is 278 cm³/mol. The Bertz CT molecular complexity index is 3630. The van der Waals surface area contributed by atoms with Crippen LogP contribution in [-0.2, 0) is 0 Å². The van der Waals surface area contributed by atoms with Gasteiger partial charge in [0.2, 0.25) is 0 Å². The molecule has 3 aromatic heterocycles. The second kappa shape index (κ2) is 16.1. The highest BCUT2D eigenvalue weighted by atomic mass is 16.4. The van der Waals surface area contributed by atoms with E-state index in [1.54, 1.807) is 24.3 Å². The van der Waals surface area contributed by atoms with E-state index < -0.39 is 11.9 Å². The van der Waals surface area contributed by atoms with Gasteiger partial charge in [0, 0.05) is 55.1 Å². The van der Waals surface area contributed by atoms with E-state index in [4.69, 9.17) is 9.97 Å². The van der Waals surface area contributed by atoms with E-state index in [0.717, 1.165) is 88.7 Å². The molecule has 0 atom stereocenters. The minimum atomic E-state index is -1.03. The Hall–Kier alpha value is -8.62. The first-order valence-electron chi connectivity index (χ1n) is 22.7. The van der Waals surface area contributed by atoms with Crippen LogP contribution in [0.1, 0.15) is 76.9 Å². The third-order valence-electron chi connectivity index (χ3n) is 13.4. The third-order valence-corrected chi connectivity index (χ3v) is 13.4. The van der Waals surface area contributed by atoms with Gasteiger partial charge < -0.3 is 20.2 Å². The van der Waals surface area contributed by atoms with Crippen molar-refractivity contribution >= 4 is 79.9 Å². The number of benzene rings is 6. The summed E-state index contributed by atoms with van der Waals surface area (Å²) in [6.45, 7) is 12.8. The Labute approximate surface area is 392 Å². The molecule has 9 aromatic rings. The maximum Gasteiger partial charge on any atom is 0.336 e. The van der Waals surface area contributed by atoms with E-state index in [2.05, 4.69) is 100 Å². The Balaban J connectivity index is 1.39. The van der Waals surface area contributed by atoms with Crippen molar-refractivity contribution in [3.05, 3.63) is 189 Å². The molecule has 0 unspecified atom stereocenters. The van der Waals surface area contributed by atoms with Gasteiger partial charge in [-0.15, -0.1) is 0 Å². The number of carbonyl (C=O) groups is 2. The molecule has 2 aliphatic heterocycles. The predicted octanol–water partition coefficient (Wildman–Crippen LogP) is 14.9. The molecular formula is C60H46N4O4. The van der Waals surface area contributed by atoms with E-state index >= 15 is 0 Å². The number of aromatic amines is 2. The summed E-state index contributed by atoms with van der Waals surface area (Å²) in [6, 6.07) is 39.4. The molecule has 0 spiro atoms. The summed E-state index contributed by atoms with van der Waals surface area (Å²) in [5, 5.41) is 24.0. The standard InChI is InChI=1S/C60H46N4O4/c1-31-27-33(3)51(34(4)28-31)57-47-23-21-45(62-47)55(39-15-7-11-37-13-9-17-41(53(37)39)59(65)66)43-19-20-44(61-43)56(40-16-8-12-38-14-10-18-42(54(38)40)60(67)68)46-22-24-48(63-46)58(50-26-25-49(57)64-50)52-35(5)29-32(2)30-36(52)6/h7-30,62-63H,1-6H3,(H,65,66)(H,67,68). The SMILES string of the molecule is Cc1cc(C)c(-c2c3nc(c(-c4c(C)cc(C)cc4C)c4ccc([nH]4)c(-c4cccc5cccc(C(=O)O)c45)c4nc(c(-c5cccc6cccc(C(=O)O)c56)c5ccc2[nH]5)C=C4)C=C3)c(C)c1. The first-order chi connectivity index (χ1) is 32.8. The molecule has 330 valence electrons. The summed E-state index contributed by atoms with van der Waals surface area (Å²) >= 11 is 0. The number of fused-ring (bicyclic) bond motifs is 10. The molecular weight excluding hydrogens is 841 g/mol. The maximum absolute atomic E-state index is 13.0. The fourth-order valence-corrected chi connectivity index (χ4v) is 10.9. The van der Waals surface area contributed by atoms with Gasteiger partial charge >= 0.3 is 11.9 Å². The molecule has 0 amide bonds. The number of aromatic carboxylic acids is 2. The highest BCUT2D eigenvalue weighted by Crippen LogP contribution is 2.44. The highest BCUT2D eigenvalue weighted by molar-refractivity contribution is 6.15. The van der Waals surface area contributed by atoms with Gasteiger partial charge in [0.1, 0.15) is 0 Å². The number of hydrogen-bond acceptors (Lipinski definition) is 4. The van der Waals surface area contributed by atoms with Crippen LogP contribution in [-0.4, -0.2) is 42.1 Å². The van der Waals surface area contributed by atoms with Gasteiger partial charge in [0.05, 0.1) is 33.9 Å². The fourth-order valence-electron chi connectivity index (χ4n) is 10.9. The lowest BCUT2D eigenvalue weighted by Gasteiger charge is -2.14. The van der Waals surface area contributed by atoms with Crippen LogP contribution in [0.2, 0.25) is 0 Å². The van der Waals surface area contributed by atoms with Crippen molar-refractivity contribution in [1.82, 2.24) is 19.9 Å². The summed E-state index contributed by atoms with van der Waals surface area (Å²) in [4.78, 5) is 44.7. The van der Waals surface area contributed by atoms with Crippen LogP contribution in [0.4, 0.5) is 0 Å². The summed E-state index contributed by atoms with van der Waals surface area (Å²) in [5.74, 6) is -2.07. The van der Waals surface area contributed by atoms with Crippen molar-refractivity contribution < 1.29 is 19.8 Å². The van der Waals surface area contributed by atoms with Crippen LogP contribution in [0.25, 0.3) is 112 Å². The van der Waals surface area contributed by atoms with Gasteiger partial charge in [-0.1, -0.05) is 96.1 Å². The normalized spacial score (nSPS) is 12.1. The summed E-state index contributed by atoms with van der Waals surface area (Å²) < 4.78 is 0. The second-order valence-corrected chi connectivity index (χ2v) is 18.1. The largest absolute Gasteiger partial charge is 0.478 e. The van der Waals surface area contributed by atoms with E-state index in [1.807, 2.05) is 72.8 Å².